The number of hydrogen-bond donors (Lipinski definition) is 0. The van der Waals surface area contributed by atoms with Crippen LogP contribution in [0.3, 0.4) is 0 Å². The third-order valence-electron chi connectivity index (χ3n) is 4.66. The molecule has 3 rings (SSSR count). The number of aromatic nitrogens is 1. The van der Waals surface area contributed by atoms with Gasteiger partial charge in [0.25, 0.3) is 0 Å². The molecule has 0 N–H and O–H groups in total. The zero-order valence-electron chi connectivity index (χ0n) is 15.1. The number of nitrogens with zero attached hydrogens (tertiary/aromatic N) is 2. The van der Waals surface area contributed by atoms with E-state index in [2.05, 4.69) is 22.0 Å². The molecule has 2 saturated heterocycles. The van der Waals surface area contributed by atoms with Crippen molar-refractivity contribution < 1.29 is 14.2 Å². The summed E-state index contributed by atoms with van der Waals surface area (Å²) in [6.45, 7) is 5.28. The van der Waals surface area contributed by atoms with Crippen LogP contribution in [0.1, 0.15) is 44.1 Å². The van der Waals surface area contributed by atoms with Gasteiger partial charge in [0.15, 0.2) is 6.29 Å². The van der Waals surface area contributed by atoms with Gasteiger partial charge >= 0.3 is 0 Å². The summed E-state index contributed by atoms with van der Waals surface area (Å²) in [4.78, 5) is 6.80. The van der Waals surface area contributed by atoms with E-state index in [-0.39, 0.29) is 6.29 Å². The van der Waals surface area contributed by atoms with Crippen molar-refractivity contribution in [1.82, 2.24) is 9.88 Å². The predicted molar refractivity (Wildman–Crippen MR) is 97.5 cm³/mol. The van der Waals surface area contributed by atoms with Crippen LogP contribution in [0.2, 0.25) is 0 Å². The fraction of sp³-hybridized carbons (Fsp3) is 0.650. The smallest absolute Gasteiger partial charge is 0.213 e. The molecule has 1 aromatic rings. The van der Waals surface area contributed by atoms with Gasteiger partial charge in [0, 0.05) is 25.4 Å². The van der Waals surface area contributed by atoms with Gasteiger partial charge in [-0.3, -0.25) is 4.90 Å². The van der Waals surface area contributed by atoms with Crippen molar-refractivity contribution in [3.05, 3.63) is 36.0 Å². The van der Waals surface area contributed by atoms with E-state index in [0.717, 1.165) is 26.0 Å². The maximum Gasteiger partial charge on any atom is 0.213 e. The Balaban J connectivity index is 1.34. The summed E-state index contributed by atoms with van der Waals surface area (Å²) in [5.41, 5.74) is 1.27. The number of likely N-dealkylation sites (tertiary alicyclic amines) is 1. The van der Waals surface area contributed by atoms with Gasteiger partial charge in [0.2, 0.25) is 5.88 Å². The van der Waals surface area contributed by atoms with Gasteiger partial charge in [-0.15, -0.1) is 0 Å². The van der Waals surface area contributed by atoms with E-state index < -0.39 is 0 Å². The zero-order chi connectivity index (χ0) is 17.2. The van der Waals surface area contributed by atoms with E-state index in [4.69, 9.17) is 14.2 Å². The van der Waals surface area contributed by atoms with E-state index in [1.807, 2.05) is 18.3 Å². The molecule has 1 unspecified atom stereocenters. The lowest BCUT2D eigenvalue weighted by molar-refractivity contribution is -0.155. The van der Waals surface area contributed by atoms with Crippen LogP contribution in [0.25, 0.3) is 0 Å². The second-order valence-corrected chi connectivity index (χ2v) is 6.75. The first-order valence-corrected chi connectivity index (χ1v) is 9.58. The molecule has 0 spiro atoms. The Morgan fingerprint density at radius 3 is 2.84 bits per heavy atom. The quantitative estimate of drug-likeness (QED) is 0.674. The Bertz CT molecular complexity index is 523. The Morgan fingerprint density at radius 2 is 2.00 bits per heavy atom. The molecule has 0 saturated carbocycles. The van der Waals surface area contributed by atoms with Gasteiger partial charge in [0.1, 0.15) is 6.61 Å². The number of piperidine rings is 1. The lowest BCUT2D eigenvalue weighted by atomic mass is 10.1. The molecule has 0 bridgehead atoms. The molecule has 3 heterocycles. The highest BCUT2D eigenvalue weighted by atomic mass is 16.7. The van der Waals surface area contributed by atoms with Crippen LogP contribution < -0.4 is 4.74 Å². The van der Waals surface area contributed by atoms with Crippen LogP contribution in [0, 0.1) is 0 Å². The fourth-order valence-corrected chi connectivity index (χ4v) is 3.28. The average Bonchev–Trinajstić information content (AvgIpc) is 2.66. The molecule has 2 aliphatic heterocycles. The van der Waals surface area contributed by atoms with E-state index in [0.29, 0.717) is 19.1 Å². The monoisotopic (exact) mass is 346 g/mol. The molecule has 0 radical (unpaired) electrons. The Kier molecular flexibility index (Phi) is 7.74. The molecule has 5 nitrogen and oxygen atoms in total. The third kappa shape index (κ3) is 6.77. The van der Waals surface area contributed by atoms with Gasteiger partial charge in [-0.05, 0) is 62.9 Å². The lowest BCUT2D eigenvalue weighted by Gasteiger charge is -2.26. The van der Waals surface area contributed by atoms with Crippen molar-refractivity contribution in [2.45, 2.75) is 51.4 Å². The maximum absolute atomic E-state index is 5.72. The van der Waals surface area contributed by atoms with Crippen molar-refractivity contribution in [3.8, 4) is 5.88 Å². The van der Waals surface area contributed by atoms with Crippen molar-refractivity contribution in [1.29, 1.82) is 0 Å². The Morgan fingerprint density at radius 1 is 1.12 bits per heavy atom. The molecular formula is C20H30N2O3. The standard InChI is InChI=1S/C20H30N2O3/c1-3-11-22(12-4-1)17-18-9-10-21-19(16-18)23-13-6-7-15-25-20-8-2-5-14-24-20/h6-7,9-10,16,20H,1-5,8,11-15,17H2/b7-6-. The second-order valence-electron chi connectivity index (χ2n) is 6.75. The molecule has 138 valence electrons. The highest BCUT2D eigenvalue weighted by Gasteiger charge is 2.13. The third-order valence-corrected chi connectivity index (χ3v) is 4.66. The predicted octanol–water partition coefficient (Wildman–Crippen LogP) is 3.55. The minimum Gasteiger partial charge on any atom is -0.473 e. The molecule has 0 amide bonds. The van der Waals surface area contributed by atoms with Gasteiger partial charge in [-0.25, -0.2) is 4.98 Å². The van der Waals surface area contributed by atoms with E-state index in [9.17, 15) is 0 Å². The van der Waals surface area contributed by atoms with Crippen molar-refractivity contribution in [2.24, 2.45) is 0 Å². The number of rotatable bonds is 8. The molecule has 1 atom stereocenters. The van der Waals surface area contributed by atoms with Crippen LogP contribution in [-0.4, -0.2) is 49.1 Å². The van der Waals surface area contributed by atoms with E-state index in [1.165, 1.54) is 44.3 Å². The van der Waals surface area contributed by atoms with E-state index in [1.54, 1.807) is 0 Å². The van der Waals surface area contributed by atoms with Crippen LogP contribution in [0.15, 0.2) is 30.5 Å². The van der Waals surface area contributed by atoms with Crippen molar-refractivity contribution >= 4 is 0 Å². The largest absolute Gasteiger partial charge is 0.473 e. The Hall–Kier alpha value is -1.43. The minimum atomic E-state index is -0.0348. The summed E-state index contributed by atoms with van der Waals surface area (Å²) in [5, 5.41) is 0. The molecule has 0 aliphatic carbocycles. The lowest BCUT2D eigenvalue weighted by Crippen LogP contribution is -2.29. The van der Waals surface area contributed by atoms with Gasteiger partial charge in [0.05, 0.1) is 6.61 Å². The number of hydrogen-bond acceptors (Lipinski definition) is 5. The highest BCUT2D eigenvalue weighted by Crippen LogP contribution is 2.16. The maximum atomic E-state index is 5.72. The average molecular weight is 346 g/mol. The summed E-state index contributed by atoms with van der Waals surface area (Å²) >= 11 is 0. The van der Waals surface area contributed by atoms with Gasteiger partial charge in [-0.1, -0.05) is 12.5 Å². The summed E-state index contributed by atoms with van der Waals surface area (Å²) in [6, 6.07) is 4.13. The summed E-state index contributed by atoms with van der Waals surface area (Å²) in [6.07, 6.45) is 13.1. The summed E-state index contributed by atoms with van der Waals surface area (Å²) in [5.74, 6) is 0.690. The van der Waals surface area contributed by atoms with Crippen LogP contribution >= 0.6 is 0 Å². The van der Waals surface area contributed by atoms with Crippen molar-refractivity contribution in [3.63, 3.8) is 0 Å². The fourth-order valence-electron chi connectivity index (χ4n) is 3.28. The Labute approximate surface area is 151 Å². The first-order valence-electron chi connectivity index (χ1n) is 9.58. The van der Waals surface area contributed by atoms with E-state index >= 15 is 0 Å². The molecule has 0 aromatic carbocycles. The first kappa shape index (κ1) is 18.4. The number of ether oxygens (including phenoxy) is 3. The van der Waals surface area contributed by atoms with Crippen molar-refractivity contribution in [2.75, 3.05) is 32.9 Å². The zero-order valence-corrected chi connectivity index (χ0v) is 15.1. The van der Waals surface area contributed by atoms with Crippen LogP contribution in [0.4, 0.5) is 0 Å². The number of pyridine rings is 1. The summed E-state index contributed by atoms with van der Waals surface area (Å²) < 4.78 is 16.9. The molecule has 25 heavy (non-hydrogen) atoms. The molecule has 1 aromatic heterocycles. The topological polar surface area (TPSA) is 43.8 Å². The normalized spacial score (nSPS) is 22.3. The SMILES string of the molecule is C(=C/COC1CCCCO1)/COc1cc(CN2CCCCC2)ccn1. The molecule has 2 fully saturated rings. The molecule has 5 heteroatoms. The first-order chi connectivity index (χ1) is 12.4. The minimum absolute atomic E-state index is 0.0348. The van der Waals surface area contributed by atoms with Crippen LogP contribution in [-0.2, 0) is 16.0 Å². The van der Waals surface area contributed by atoms with Crippen LogP contribution in [0.5, 0.6) is 5.88 Å². The highest BCUT2D eigenvalue weighted by molar-refractivity contribution is 5.20. The molecular weight excluding hydrogens is 316 g/mol. The second kappa shape index (κ2) is 10.5. The van der Waals surface area contributed by atoms with Gasteiger partial charge in [-0.2, -0.15) is 0 Å². The van der Waals surface area contributed by atoms with Gasteiger partial charge < -0.3 is 14.2 Å². The summed E-state index contributed by atoms with van der Waals surface area (Å²) in [7, 11) is 0. The molecule has 2 aliphatic rings.